The Balaban J connectivity index is 1.49. The zero-order chi connectivity index (χ0) is 33.9. The van der Waals surface area contributed by atoms with Crippen molar-refractivity contribution in [3.63, 3.8) is 0 Å². The highest BCUT2D eigenvalue weighted by Gasteiger charge is 2.18. The van der Waals surface area contributed by atoms with E-state index in [-0.39, 0.29) is 45.7 Å². The van der Waals surface area contributed by atoms with Crippen LogP contribution in [0.15, 0.2) is 150 Å². The Morgan fingerprint density at radius 1 is 0.390 bits per heavy atom. The normalized spacial score (nSPS) is 14.6. The second kappa shape index (κ2) is 8.55. The highest BCUT2D eigenvalue weighted by Crippen LogP contribution is 2.45. The van der Waals surface area contributed by atoms with E-state index >= 15 is 0 Å². The summed E-state index contributed by atoms with van der Waals surface area (Å²) in [4.78, 5) is 0. The molecule has 8 aromatic carbocycles. The average molecular weight is 529 g/mol. The molecule has 0 saturated heterocycles. The van der Waals surface area contributed by atoms with Gasteiger partial charge in [-0.3, -0.25) is 0 Å². The summed E-state index contributed by atoms with van der Waals surface area (Å²) in [6.45, 7) is 0. The molecule has 0 spiro atoms. The molecule has 0 radical (unpaired) electrons. The van der Waals surface area contributed by atoms with Crippen molar-refractivity contribution in [1.82, 2.24) is 0 Å². The molecule has 0 fully saturated rings. The van der Waals surface area contributed by atoms with Gasteiger partial charge in [-0.2, -0.15) is 0 Å². The molecule has 1 aromatic heterocycles. The molecule has 1 heteroatoms. The van der Waals surface area contributed by atoms with E-state index in [1.165, 1.54) is 0 Å². The summed E-state index contributed by atoms with van der Waals surface area (Å²) in [5.74, 6) is 0. The van der Waals surface area contributed by atoms with E-state index in [2.05, 4.69) is 6.07 Å². The number of fused-ring (bicyclic) bond motifs is 7. The fourth-order valence-electron chi connectivity index (χ4n) is 6.16. The standard InChI is InChI=1S/C40H24O/c1-2-10-26-21-29(18-17-25(26)9-1)39-32-13-5-7-15-34(32)40(35-16-8-6-14-33(35)39)30-19-20-31-36-22-27-11-3-4-12-28(27)23-38(36)41-37(31)24-30/h1-24H/i5D,6D,7D,8D,13D,14D,15D,16D. The van der Waals surface area contributed by atoms with Gasteiger partial charge >= 0.3 is 0 Å². The van der Waals surface area contributed by atoms with Gasteiger partial charge in [-0.25, -0.2) is 0 Å². The first-order chi connectivity index (χ1) is 23.6. The van der Waals surface area contributed by atoms with Crippen LogP contribution in [0.3, 0.4) is 0 Å². The van der Waals surface area contributed by atoms with Crippen molar-refractivity contribution >= 4 is 65.0 Å². The van der Waals surface area contributed by atoms with Gasteiger partial charge < -0.3 is 4.42 Å². The molecule has 1 heterocycles. The Kier molecular flexibility index (Phi) is 3.34. The lowest BCUT2D eigenvalue weighted by Crippen LogP contribution is -1.91. The number of benzene rings is 8. The summed E-state index contributed by atoms with van der Waals surface area (Å²) < 4.78 is 78.0. The molecule has 0 aliphatic carbocycles. The number of hydrogen-bond acceptors (Lipinski definition) is 1. The third-order valence-electron chi connectivity index (χ3n) is 8.04. The quantitative estimate of drug-likeness (QED) is 0.203. The minimum atomic E-state index is -0.431. The average Bonchev–Trinajstić information content (AvgIpc) is 3.48. The van der Waals surface area contributed by atoms with E-state index in [9.17, 15) is 5.48 Å². The largest absolute Gasteiger partial charge is 0.456 e. The molecule has 9 aromatic rings. The van der Waals surface area contributed by atoms with Crippen molar-refractivity contribution in [3.05, 3.63) is 145 Å². The van der Waals surface area contributed by atoms with Gasteiger partial charge in [0.15, 0.2) is 0 Å². The lowest BCUT2D eigenvalue weighted by atomic mass is 9.85. The first-order valence-corrected chi connectivity index (χ1v) is 13.4. The molecule has 0 atom stereocenters. The van der Waals surface area contributed by atoms with Crippen molar-refractivity contribution in [2.24, 2.45) is 0 Å². The molecule has 0 unspecified atom stereocenters. The van der Waals surface area contributed by atoms with Crippen LogP contribution in [0.5, 0.6) is 0 Å². The first-order valence-electron chi connectivity index (χ1n) is 17.4. The monoisotopic (exact) mass is 528 g/mol. The van der Waals surface area contributed by atoms with E-state index < -0.39 is 24.2 Å². The van der Waals surface area contributed by atoms with Crippen LogP contribution in [0.1, 0.15) is 11.0 Å². The molecule has 0 aliphatic rings. The van der Waals surface area contributed by atoms with Crippen LogP contribution in [0.25, 0.3) is 87.3 Å². The lowest BCUT2D eigenvalue weighted by molar-refractivity contribution is 0.669. The predicted molar refractivity (Wildman–Crippen MR) is 175 cm³/mol. The maximum atomic E-state index is 9.23. The summed E-state index contributed by atoms with van der Waals surface area (Å²) in [6, 6.07) is 28.1. The van der Waals surface area contributed by atoms with Crippen LogP contribution in [0.4, 0.5) is 0 Å². The highest BCUT2D eigenvalue weighted by atomic mass is 16.3. The van der Waals surface area contributed by atoms with Gasteiger partial charge in [0, 0.05) is 10.8 Å². The summed E-state index contributed by atoms with van der Waals surface area (Å²) in [5.41, 5.74) is 2.94. The van der Waals surface area contributed by atoms with Crippen LogP contribution in [0, 0.1) is 0 Å². The Morgan fingerprint density at radius 2 is 0.878 bits per heavy atom. The SMILES string of the molecule is [2H]c1c([2H])c([2H])c2c(-c3ccc4c(c3)oc3cc5ccccc5cc34)c3c([2H])c([2H])c([2H])c([2H])c3c(-c3ccc4ccccc4c3)c2c1[2H]. The van der Waals surface area contributed by atoms with Crippen LogP contribution in [0.2, 0.25) is 0 Å². The van der Waals surface area contributed by atoms with Gasteiger partial charge in [-0.15, -0.1) is 0 Å². The van der Waals surface area contributed by atoms with Gasteiger partial charge in [-0.05, 0) is 95.7 Å². The van der Waals surface area contributed by atoms with Crippen LogP contribution < -0.4 is 0 Å². The minimum Gasteiger partial charge on any atom is -0.456 e. The molecule has 190 valence electrons. The Morgan fingerprint density at radius 3 is 1.51 bits per heavy atom. The summed E-state index contributed by atoms with van der Waals surface area (Å²) in [7, 11) is 0. The first kappa shape index (κ1) is 16.0. The van der Waals surface area contributed by atoms with Crippen molar-refractivity contribution in [2.75, 3.05) is 0 Å². The Bertz CT molecular complexity index is 2850. The van der Waals surface area contributed by atoms with Gasteiger partial charge in [0.25, 0.3) is 0 Å². The molecule has 0 amide bonds. The molecule has 0 N–H and O–H groups in total. The molecule has 0 aliphatic heterocycles. The molecular formula is C40H24O. The maximum absolute atomic E-state index is 9.23. The molecular weight excluding hydrogens is 496 g/mol. The van der Waals surface area contributed by atoms with E-state index in [1.54, 1.807) is 6.07 Å². The predicted octanol–water partition coefficient (Wildman–Crippen LogP) is 11.5. The van der Waals surface area contributed by atoms with Crippen molar-refractivity contribution < 1.29 is 15.4 Å². The molecule has 0 bridgehead atoms. The van der Waals surface area contributed by atoms with E-state index in [0.29, 0.717) is 33.4 Å². The summed E-state index contributed by atoms with van der Waals surface area (Å²) in [6.07, 6.45) is 0. The van der Waals surface area contributed by atoms with E-state index in [4.69, 9.17) is 9.90 Å². The topological polar surface area (TPSA) is 13.1 Å². The molecule has 41 heavy (non-hydrogen) atoms. The second-order valence-corrected chi connectivity index (χ2v) is 10.3. The third kappa shape index (κ3) is 3.36. The molecule has 0 saturated carbocycles. The zero-order valence-electron chi connectivity index (χ0n) is 29.6. The molecule has 9 rings (SSSR count). The van der Waals surface area contributed by atoms with Crippen molar-refractivity contribution in [3.8, 4) is 22.3 Å². The number of hydrogen-bond donors (Lipinski definition) is 0. The van der Waals surface area contributed by atoms with Gasteiger partial charge in [0.2, 0.25) is 0 Å². The minimum absolute atomic E-state index is 0.174. The summed E-state index contributed by atoms with van der Waals surface area (Å²) in [5, 5.41) is 6.44. The van der Waals surface area contributed by atoms with Crippen molar-refractivity contribution in [1.29, 1.82) is 0 Å². The third-order valence-corrected chi connectivity index (χ3v) is 8.04. The van der Waals surface area contributed by atoms with Crippen LogP contribution in [-0.4, -0.2) is 0 Å². The number of rotatable bonds is 2. The smallest absolute Gasteiger partial charge is 0.136 e. The lowest BCUT2D eigenvalue weighted by Gasteiger charge is -2.18. The Hall–Kier alpha value is -5.40. The highest BCUT2D eigenvalue weighted by molar-refractivity contribution is 6.22. The van der Waals surface area contributed by atoms with E-state index in [0.717, 1.165) is 32.3 Å². The fourth-order valence-corrected chi connectivity index (χ4v) is 6.16. The second-order valence-electron chi connectivity index (χ2n) is 10.3. The maximum Gasteiger partial charge on any atom is 0.136 e. The van der Waals surface area contributed by atoms with Gasteiger partial charge in [0.05, 0.1) is 11.0 Å². The van der Waals surface area contributed by atoms with Crippen LogP contribution in [-0.2, 0) is 0 Å². The fraction of sp³-hybridized carbons (Fsp3) is 0. The van der Waals surface area contributed by atoms with E-state index in [1.807, 2.05) is 84.9 Å². The van der Waals surface area contributed by atoms with Crippen LogP contribution >= 0.6 is 0 Å². The van der Waals surface area contributed by atoms with Crippen molar-refractivity contribution in [2.45, 2.75) is 0 Å². The van der Waals surface area contributed by atoms with Gasteiger partial charge in [0.1, 0.15) is 11.2 Å². The molecule has 1 nitrogen and oxygen atoms in total. The Labute approximate surface area is 248 Å². The zero-order valence-corrected chi connectivity index (χ0v) is 21.6. The van der Waals surface area contributed by atoms with Gasteiger partial charge in [-0.1, -0.05) is 115 Å². The summed E-state index contributed by atoms with van der Waals surface area (Å²) >= 11 is 0. The number of furan rings is 1.